The van der Waals surface area contributed by atoms with E-state index in [2.05, 4.69) is 36.7 Å². The van der Waals surface area contributed by atoms with Crippen LogP contribution in [0.15, 0.2) is 42.5 Å². The zero-order chi connectivity index (χ0) is 27.6. The maximum absolute atomic E-state index is 13.5. The third-order valence-electron chi connectivity index (χ3n) is 5.11. The third-order valence-corrected chi connectivity index (χ3v) is 5.64. The average Bonchev–Trinajstić information content (AvgIpc) is 3.49. The molecular formula is C22H18Cl2F3N9O2. The van der Waals surface area contributed by atoms with Gasteiger partial charge >= 0.3 is 6.18 Å². The van der Waals surface area contributed by atoms with Crippen molar-refractivity contribution >= 4 is 40.7 Å². The van der Waals surface area contributed by atoms with E-state index in [0.717, 1.165) is 0 Å². The fourth-order valence-electron chi connectivity index (χ4n) is 3.49. The Balaban J connectivity index is 1.74. The molecule has 0 aliphatic carbocycles. The number of rotatable bonds is 7. The lowest BCUT2D eigenvalue weighted by Gasteiger charge is -2.15. The monoisotopic (exact) mass is 567 g/mol. The van der Waals surface area contributed by atoms with Crippen molar-refractivity contribution in [1.29, 1.82) is 0 Å². The molecular weight excluding hydrogens is 550 g/mol. The molecule has 0 unspecified atom stereocenters. The van der Waals surface area contributed by atoms with Crippen LogP contribution in [0.2, 0.25) is 10.0 Å². The minimum absolute atomic E-state index is 0.0291. The molecule has 0 aliphatic rings. The molecule has 3 N–H and O–H groups in total. The Hall–Kier alpha value is -4.01. The zero-order valence-corrected chi connectivity index (χ0v) is 21.2. The average molecular weight is 568 g/mol. The smallest absolute Gasteiger partial charge is 0.320 e. The third kappa shape index (κ3) is 5.77. The number of para-hydroxylation sites is 1. The normalized spacial score (nSPS) is 11.4. The van der Waals surface area contributed by atoms with Crippen molar-refractivity contribution in [2.75, 3.05) is 12.4 Å². The van der Waals surface area contributed by atoms with Crippen LogP contribution < -0.4 is 16.2 Å². The number of aromatic nitrogens is 6. The molecule has 2 aromatic carbocycles. The van der Waals surface area contributed by atoms with Crippen LogP contribution in [-0.2, 0) is 12.7 Å². The predicted octanol–water partition coefficient (Wildman–Crippen LogP) is 3.66. The van der Waals surface area contributed by atoms with Gasteiger partial charge in [-0.3, -0.25) is 15.0 Å². The van der Waals surface area contributed by atoms with E-state index in [4.69, 9.17) is 23.2 Å². The molecule has 0 bridgehead atoms. The summed E-state index contributed by atoms with van der Waals surface area (Å²) in [7, 11) is 1.50. The fourth-order valence-corrected chi connectivity index (χ4v) is 3.98. The first-order chi connectivity index (χ1) is 18.0. The number of halogens is 5. The van der Waals surface area contributed by atoms with E-state index in [9.17, 15) is 22.8 Å². The lowest BCUT2D eigenvalue weighted by atomic mass is 10.1. The number of nitrogens with zero attached hydrogens (tertiary/aromatic N) is 6. The minimum Gasteiger partial charge on any atom is -0.320 e. The highest BCUT2D eigenvalue weighted by Gasteiger charge is 2.37. The first kappa shape index (κ1) is 27.0. The van der Waals surface area contributed by atoms with Gasteiger partial charge in [-0.05, 0) is 48.0 Å². The molecule has 0 fully saturated rings. The van der Waals surface area contributed by atoms with Crippen LogP contribution in [0.3, 0.4) is 0 Å². The minimum atomic E-state index is -4.77. The van der Waals surface area contributed by atoms with Crippen LogP contribution in [0.1, 0.15) is 37.9 Å². The molecule has 0 saturated carbocycles. The maximum atomic E-state index is 13.5. The Morgan fingerprint density at radius 2 is 1.79 bits per heavy atom. The summed E-state index contributed by atoms with van der Waals surface area (Å²) in [4.78, 5) is 26.8. The summed E-state index contributed by atoms with van der Waals surface area (Å²) in [5.74, 6) is -2.65. The van der Waals surface area contributed by atoms with Gasteiger partial charge in [-0.25, -0.2) is 10.1 Å². The number of aryl methyl sites for hydroxylation is 1. The summed E-state index contributed by atoms with van der Waals surface area (Å²) in [5, 5.41) is 17.3. The number of benzene rings is 2. The SMILES string of the molecule is CNNC(=O)c1cc(Cl)cc(C)c1NC(=O)c1cc(Cn2nnc(C(F)(F)F)n2)nn1-c1ccccc1Cl. The molecule has 4 aromatic rings. The van der Waals surface area contributed by atoms with E-state index in [1.165, 1.54) is 23.9 Å². The van der Waals surface area contributed by atoms with Gasteiger partial charge in [0, 0.05) is 12.1 Å². The molecule has 4 rings (SSSR count). The Morgan fingerprint density at radius 3 is 2.45 bits per heavy atom. The van der Waals surface area contributed by atoms with Gasteiger partial charge in [0.05, 0.1) is 27.7 Å². The molecule has 38 heavy (non-hydrogen) atoms. The molecule has 2 aromatic heterocycles. The second kappa shape index (κ2) is 10.8. The number of alkyl halides is 3. The van der Waals surface area contributed by atoms with Gasteiger partial charge in [0.15, 0.2) is 0 Å². The van der Waals surface area contributed by atoms with Gasteiger partial charge in [0.2, 0.25) is 0 Å². The number of anilines is 1. The highest BCUT2D eigenvalue weighted by atomic mass is 35.5. The van der Waals surface area contributed by atoms with Gasteiger partial charge in [0.25, 0.3) is 17.6 Å². The lowest BCUT2D eigenvalue weighted by Crippen LogP contribution is -2.35. The maximum Gasteiger partial charge on any atom is 0.455 e. The molecule has 2 amide bonds. The molecule has 0 spiro atoms. The van der Waals surface area contributed by atoms with Gasteiger partial charge in [-0.2, -0.15) is 23.1 Å². The van der Waals surface area contributed by atoms with Crippen molar-refractivity contribution in [1.82, 2.24) is 40.8 Å². The summed E-state index contributed by atoms with van der Waals surface area (Å²) < 4.78 is 39.9. The van der Waals surface area contributed by atoms with E-state index in [1.807, 2.05) is 0 Å². The summed E-state index contributed by atoms with van der Waals surface area (Å²) in [6.45, 7) is 1.33. The number of tetrazole rings is 1. The number of hydrogen-bond acceptors (Lipinski definition) is 7. The number of hydrazine groups is 1. The van der Waals surface area contributed by atoms with Gasteiger partial charge in [-0.1, -0.05) is 35.3 Å². The summed E-state index contributed by atoms with van der Waals surface area (Å²) >= 11 is 12.5. The first-order valence-electron chi connectivity index (χ1n) is 10.8. The number of carbonyl (C=O) groups is 2. The van der Waals surface area contributed by atoms with Crippen LogP contribution in [0.25, 0.3) is 5.69 Å². The topological polar surface area (TPSA) is 132 Å². The zero-order valence-electron chi connectivity index (χ0n) is 19.6. The van der Waals surface area contributed by atoms with E-state index in [-0.39, 0.29) is 39.2 Å². The number of amides is 2. The van der Waals surface area contributed by atoms with Crippen LogP contribution in [-0.4, -0.2) is 48.8 Å². The fraction of sp³-hybridized carbons (Fsp3) is 0.182. The van der Waals surface area contributed by atoms with E-state index in [0.29, 0.717) is 16.0 Å². The standard InChI is InChI=1S/C22H18Cl2F3N9O2/c1-11-7-12(23)8-14(19(37)30-28-2)18(11)29-20(38)17-9-13(10-35-33-21(31-34-35)22(25,26)27)32-36(17)16-6-4-3-5-15(16)24/h3-9,28H,10H2,1-2H3,(H,29,38)(H,30,37). The second-order valence-electron chi connectivity index (χ2n) is 7.83. The van der Waals surface area contributed by atoms with E-state index < -0.39 is 23.8 Å². The van der Waals surface area contributed by atoms with Crippen LogP contribution >= 0.6 is 23.2 Å². The van der Waals surface area contributed by atoms with Gasteiger partial charge < -0.3 is 5.32 Å². The molecule has 0 atom stereocenters. The van der Waals surface area contributed by atoms with Crippen molar-refractivity contribution in [3.63, 3.8) is 0 Å². The van der Waals surface area contributed by atoms with Gasteiger partial charge in [0.1, 0.15) is 12.2 Å². The molecule has 0 saturated heterocycles. The number of hydrogen-bond donors (Lipinski definition) is 3. The van der Waals surface area contributed by atoms with Crippen molar-refractivity contribution in [2.24, 2.45) is 0 Å². The Morgan fingerprint density at radius 1 is 1.05 bits per heavy atom. The van der Waals surface area contributed by atoms with Crippen molar-refractivity contribution in [2.45, 2.75) is 19.6 Å². The number of carbonyl (C=O) groups excluding carboxylic acids is 2. The van der Waals surface area contributed by atoms with Crippen LogP contribution in [0, 0.1) is 6.92 Å². The molecule has 16 heteroatoms. The summed E-state index contributed by atoms with van der Waals surface area (Å²) in [6.07, 6.45) is -4.77. The quantitative estimate of drug-likeness (QED) is 0.290. The van der Waals surface area contributed by atoms with Crippen molar-refractivity contribution in [3.05, 3.63) is 80.8 Å². The van der Waals surface area contributed by atoms with Crippen LogP contribution in [0.4, 0.5) is 18.9 Å². The predicted molar refractivity (Wildman–Crippen MR) is 131 cm³/mol. The summed E-state index contributed by atoms with van der Waals surface area (Å²) in [6, 6.07) is 10.8. The Labute approximate surface area is 222 Å². The molecule has 11 nitrogen and oxygen atoms in total. The lowest BCUT2D eigenvalue weighted by molar-refractivity contribution is -0.145. The highest BCUT2D eigenvalue weighted by molar-refractivity contribution is 6.32. The molecule has 0 aliphatic heterocycles. The highest BCUT2D eigenvalue weighted by Crippen LogP contribution is 2.28. The van der Waals surface area contributed by atoms with E-state index in [1.54, 1.807) is 37.3 Å². The first-order valence-corrected chi connectivity index (χ1v) is 11.5. The Kier molecular flexibility index (Phi) is 7.66. The van der Waals surface area contributed by atoms with E-state index >= 15 is 0 Å². The molecule has 198 valence electrons. The molecule has 0 radical (unpaired) electrons. The number of nitrogens with one attached hydrogen (secondary N) is 3. The Bertz CT molecular complexity index is 1520. The summed E-state index contributed by atoms with van der Waals surface area (Å²) in [5.41, 5.74) is 6.16. The molecule has 2 heterocycles. The van der Waals surface area contributed by atoms with Crippen molar-refractivity contribution < 1.29 is 22.8 Å². The second-order valence-corrected chi connectivity index (χ2v) is 8.67. The van der Waals surface area contributed by atoms with Crippen molar-refractivity contribution in [3.8, 4) is 5.69 Å². The largest absolute Gasteiger partial charge is 0.455 e. The van der Waals surface area contributed by atoms with Gasteiger partial charge in [-0.15, -0.1) is 10.2 Å². The van der Waals surface area contributed by atoms with Crippen LogP contribution in [0.5, 0.6) is 0 Å².